The molecule has 0 radical (unpaired) electrons. The molecule has 0 aliphatic heterocycles. The molecule has 1 rings (SSSR count). The van der Waals surface area contributed by atoms with Crippen LogP contribution in [0.5, 0.6) is 5.75 Å². The number of unbranched alkanes of at least 4 members (excludes halogenated alkanes) is 1. The first-order chi connectivity index (χ1) is 18.9. The first-order valence-corrected chi connectivity index (χ1v) is 14.4. The molecule has 0 bridgehead atoms. The highest BCUT2D eigenvalue weighted by molar-refractivity contribution is 5.96. The van der Waals surface area contributed by atoms with Gasteiger partial charge in [0.1, 0.15) is 5.75 Å². The van der Waals surface area contributed by atoms with E-state index >= 15 is 0 Å². The van der Waals surface area contributed by atoms with E-state index in [0.717, 1.165) is 12.8 Å². The summed E-state index contributed by atoms with van der Waals surface area (Å²) in [6.07, 6.45) is 1.47. The van der Waals surface area contributed by atoms with Crippen molar-refractivity contribution in [3.8, 4) is 5.75 Å². The first-order valence-electron chi connectivity index (χ1n) is 14.4. The van der Waals surface area contributed by atoms with Gasteiger partial charge in [0.25, 0.3) is 5.91 Å². The predicted octanol–water partition coefficient (Wildman–Crippen LogP) is 2.89. The highest BCUT2D eigenvalue weighted by atomic mass is 35.5. The van der Waals surface area contributed by atoms with E-state index in [1.807, 2.05) is 19.9 Å². The average Bonchev–Trinajstić information content (AvgIpc) is 2.91. The second-order valence-corrected chi connectivity index (χ2v) is 11.4. The standard InChI is InChI=1S/C30H52N4O6.ClH/c1-19(2)22(18-34-29(37)23-11-7-8-12-27(23)40-14-10-9-13-39-6)15-25(31)26(35)16-24(20(3)4)30(38)33-17-21(5)28(32)36;/h7-8,11-12,19-22,24-26,35H,9-10,13-18,31H2,1-6H3,(H2,32,36)(H,33,38)(H,34,37);1H/t21?,22-,24-,25+,26+;/m1./s1. The van der Waals surface area contributed by atoms with Gasteiger partial charge in [-0.05, 0) is 55.6 Å². The third kappa shape index (κ3) is 14.4. The third-order valence-corrected chi connectivity index (χ3v) is 7.37. The normalized spacial score (nSPS) is 14.9. The molecule has 236 valence electrons. The molecule has 41 heavy (non-hydrogen) atoms. The van der Waals surface area contributed by atoms with Crippen LogP contribution in [0.1, 0.15) is 70.7 Å². The molecule has 7 N–H and O–H groups in total. The number of hydrogen-bond donors (Lipinski definition) is 5. The number of primary amides is 1. The van der Waals surface area contributed by atoms with E-state index in [9.17, 15) is 19.5 Å². The zero-order valence-corrected chi connectivity index (χ0v) is 26.4. The Morgan fingerprint density at radius 2 is 1.56 bits per heavy atom. The number of aliphatic hydroxyl groups is 1. The molecule has 0 aliphatic carbocycles. The van der Waals surface area contributed by atoms with Crippen LogP contribution in [-0.4, -0.2) is 68.4 Å². The van der Waals surface area contributed by atoms with Crippen LogP contribution in [0.25, 0.3) is 0 Å². The summed E-state index contributed by atoms with van der Waals surface area (Å²) >= 11 is 0. The van der Waals surface area contributed by atoms with E-state index in [4.69, 9.17) is 20.9 Å². The lowest BCUT2D eigenvalue weighted by Crippen LogP contribution is -2.45. The molecule has 0 fully saturated rings. The van der Waals surface area contributed by atoms with E-state index in [1.54, 1.807) is 32.2 Å². The van der Waals surface area contributed by atoms with E-state index in [2.05, 4.69) is 24.5 Å². The number of carbonyl (C=O) groups is 3. The number of ether oxygens (including phenoxy) is 2. The Hall–Kier alpha value is -2.40. The second-order valence-electron chi connectivity index (χ2n) is 11.4. The number of benzene rings is 1. The fraction of sp³-hybridized carbons (Fsp3) is 0.700. The van der Waals surface area contributed by atoms with Crippen molar-refractivity contribution in [1.82, 2.24) is 10.6 Å². The van der Waals surface area contributed by atoms with Crippen LogP contribution in [-0.2, 0) is 14.3 Å². The van der Waals surface area contributed by atoms with Gasteiger partial charge in [-0.2, -0.15) is 0 Å². The average molecular weight is 601 g/mol. The number of methoxy groups -OCH3 is 1. The molecule has 0 aromatic heterocycles. The molecular weight excluding hydrogens is 548 g/mol. The van der Waals surface area contributed by atoms with E-state index in [1.165, 1.54) is 0 Å². The molecule has 1 aromatic carbocycles. The molecule has 0 heterocycles. The van der Waals surface area contributed by atoms with Crippen LogP contribution in [0.4, 0.5) is 0 Å². The van der Waals surface area contributed by atoms with Crippen LogP contribution in [0, 0.1) is 29.6 Å². The number of halogens is 1. The fourth-order valence-corrected chi connectivity index (χ4v) is 4.33. The number of nitrogens with two attached hydrogens (primary N) is 2. The van der Waals surface area contributed by atoms with Gasteiger partial charge in [0.05, 0.1) is 24.2 Å². The lowest BCUT2D eigenvalue weighted by molar-refractivity contribution is -0.128. The number of amides is 3. The number of nitrogens with one attached hydrogen (secondary N) is 2. The van der Waals surface area contributed by atoms with Crippen LogP contribution < -0.4 is 26.8 Å². The highest BCUT2D eigenvalue weighted by Gasteiger charge is 2.30. The molecule has 0 saturated heterocycles. The summed E-state index contributed by atoms with van der Waals surface area (Å²) in [6.45, 7) is 11.3. The topological polar surface area (TPSA) is 166 Å². The highest BCUT2D eigenvalue weighted by Crippen LogP contribution is 2.24. The molecule has 0 saturated carbocycles. The van der Waals surface area contributed by atoms with Crippen molar-refractivity contribution in [3.05, 3.63) is 29.8 Å². The first kappa shape index (κ1) is 38.6. The summed E-state index contributed by atoms with van der Waals surface area (Å²) < 4.78 is 10.9. The lowest BCUT2D eigenvalue weighted by Gasteiger charge is -2.30. The van der Waals surface area contributed by atoms with Crippen molar-refractivity contribution < 1.29 is 29.0 Å². The fourth-order valence-electron chi connectivity index (χ4n) is 4.33. The van der Waals surface area contributed by atoms with Crippen LogP contribution in [0.15, 0.2) is 24.3 Å². The monoisotopic (exact) mass is 600 g/mol. The lowest BCUT2D eigenvalue weighted by atomic mass is 9.83. The molecule has 0 aliphatic rings. The Morgan fingerprint density at radius 3 is 2.15 bits per heavy atom. The SMILES string of the molecule is COCCCCOc1ccccc1C(=O)NC[C@@H](C[C@H](N)[C@@H](O)C[C@@H](C(=O)NCC(C)C(N)=O)C(C)C)C(C)C.Cl. The van der Waals surface area contributed by atoms with Gasteiger partial charge >= 0.3 is 0 Å². The zero-order valence-electron chi connectivity index (χ0n) is 25.6. The summed E-state index contributed by atoms with van der Waals surface area (Å²) in [5.74, 6) is -1.18. The minimum Gasteiger partial charge on any atom is -0.493 e. The molecule has 11 heteroatoms. The summed E-state index contributed by atoms with van der Waals surface area (Å²) in [5.41, 5.74) is 12.2. The number of aliphatic hydroxyl groups excluding tert-OH is 1. The molecule has 1 aromatic rings. The molecule has 10 nitrogen and oxygen atoms in total. The number of hydrogen-bond acceptors (Lipinski definition) is 7. The van der Waals surface area contributed by atoms with E-state index in [-0.39, 0.29) is 54.9 Å². The summed E-state index contributed by atoms with van der Waals surface area (Å²) in [7, 11) is 1.66. The molecular formula is C30H53ClN4O6. The molecule has 3 amide bonds. The quantitative estimate of drug-likeness (QED) is 0.143. The van der Waals surface area contributed by atoms with Gasteiger partial charge in [0, 0.05) is 38.8 Å². The summed E-state index contributed by atoms with van der Waals surface area (Å²) in [6, 6.07) is 6.58. The zero-order chi connectivity index (χ0) is 30.2. The Labute approximate surface area is 252 Å². The number of carbonyl (C=O) groups excluding carboxylic acids is 3. The second kappa shape index (κ2) is 20.5. The van der Waals surface area contributed by atoms with Gasteiger partial charge < -0.3 is 36.7 Å². The van der Waals surface area contributed by atoms with E-state index in [0.29, 0.717) is 37.5 Å². The minimum absolute atomic E-state index is 0. The van der Waals surface area contributed by atoms with Crippen molar-refractivity contribution in [2.75, 3.05) is 33.4 Å². The van der Waals surface area contributed by atoms with Gasteiger partial charge in [-0.25, -0.2) is 0 Å². The molecule has 5 atom stereocenters. The Kier molecular flexibility index (Phi) is 19.3. The number of para-hydroxylation sites is 1. The minimum atomic E-state index is -0.907. The Bertz CT molecular complexity index is 917. The predicted molar refractivity (Wildman–Crippen MR) is 164 cm³/mol. The maximum absolute atomic E-state index is 13.0. The Balaban J connectivity index is 0.0000160. The summed E-state index contributed by atoms with van der Waals surface area (Å²) in [5, 5.41) is 16.7. The third-order valence-electron chi connectivity index (χ3n) is 7.37. The Morgan fingerprint density at radius 1 is 0.927 bits per heavy atom. The van der Waals surface area contributed by atoms with Crippen molar-refractivity contribution in [3.63, 3.8) is 0 Å². The van der Waals surface area contributed by atoms with Crippen molar-refractivity contribution in [2.45, 2.75) is 72.4 Å². The van der Waals surface area contributed by atoms with Gasteiger partial charge in [-0.1, -0.05) is 46.8 Å². The maximum atomic E-state index is 13.0. The van der Waals surface area contributed by atoms with Gasteiger partial charge in [0.15, 0.2) is 0 Å². The van der Waals surface area contributed by atoms with Crippen LogP contribution >= 0.6 is 12.4 Å². The van der Waals surface area contributed by atoms with Crippen molar-refractivity contribution >= 4 is 30.1 Å². The summed E-state index contributed by atoms with van der Waals surface area (Å²) in [4.78, 5) is 37.1. The van der Waals surface area contributed by atoms with E-state index < -0.39 is 29.9 Å². The molecule has 1 unspecified atom stereocenters. The van der Waals surface area contributed by atoms with Crippen molar-refractivity contribution in [2.24, 2.45) is 41.1 Å². The van der Waals surface area contributed by atoms with Crippen LogP contribution in [0.3, 0.4) is 0 Å². The van der Waals surface area contributed by atoms with Crippen molar-refractivity contribution in [1.29, 1.82) is 0 Å². The van der Waals surface area contributed by atoms with Crippen LogP contribution in [0.2, 0.25) is 0 Å². The largest absolute Gasteiger partial charge is 0.493 e. The maximum Gasteiger partial charge on any atom is 0.255 e. The number of rotatable bonds is 20. The molecule has 0 spiro atoms. The van der Waals surface area contributed by atoms with Gasteiger partial charge in [0.2, 0.25) is 11.8 Å². The van der Waals surface area contributed by atoms with Gasteiger partial charge in [-0.15, -0.1) is 12.4 Å². The smallest absolute Gasteiger partial charge is 0.255 e. The van der Waals surface area contributed by atoms with Gasteiger partial charge in [-0.3, -0.25) is 14.4 Å².